The molecule has 0 atom stereocenters. The number of nitrogens with one attached hydrogen (secondary N) is 1. The third kappa shape index (κ3) is 2.38. The molecular weight excluding hydrogens is 214 g/mol. The summed E-state index contributed by atoms with van der Waals surface area (Å²) in [6.07, 6.45) is 3.56. The van der Waals surface area contributed by atoms with Crippen molar-refractivity contribution in [1.29, 1.82) is 5.41 Å². The quantitative estimate of drug-likeness (QED) is 0.596. The molecule has 0 amide bonds. The monoisotopic (exact) mass is 233 g/mol. The van der Waals surface area contributed by atoms with E-state index in [0.717, 1.165) is 37.3 Å². The maximum absolute atomic E-state index is 7.62. The van der Waals surface area contributed by atoms with Gasteiger partial charge in [-0.05, 0) is 31.4 Å². The third-order valence-electron chi connectivity index (χ3n) is 3.62. The molecular formula is C12H19N5. The molecule has 1 saturated heterocycles. The van der Waals surface area contributed by atoms with E-state index >= 15 is 0 Å². The van der Waals surface area contributed by atoms with E-state index in [1.807, 2.05) is 13.0 Å². The summed E-state index contributed by atoms with van der Waals surface area (Å²) in [6.45, 7) is 5.85. The van der Waals surface area contributed by atoms with E-state index in [0.29, 0.717) is 5.84 Å². The molecule has 0 unspecified atom stereocenters. The maximum atomic E-state index is 7.62. The number of aryl methyl sites for hydroxylation is 1. The number of nitrogens with zero attached hydrogens (tertiary/aromatic N) is 3. The van der Waals surface area contributed by atoms with Crippen LogP contribution in [0.3, 0.4) is 0 Å². The molecule has 0 spiro atoms. The Morgan fingerprint density at radius 1 is 1.47 bits per heavy atom. The fourth-order valence-corrected chi connectivity index (χ4v) is 2.10. The molecule has 0 radical (unpaired) electrons. The Morgan fingerprint density at radius 3 is 2.65 bits per heavy atom. The van der Waals surface area contributed by atoms with Crippen molar-refractivity contribution in [3.05, 3.63) is 17.8 Å². The van der Waals surface area contributed by atoms with Crippen LogP contribution in [0, 0.1) is 17.7 Å². The Hall–Kier alpha value is -1.65. The van der Waals surface area contributed by atoms with Gasteiger partial charge in [0.05, 0.1) is 12.0 Å². The van der Waals surface area contributed by atoms with Crippen molar-refractivity contribution < 1.29 is 0 Å². The molecule has 1 aromatic heterocycles. The number of hydrogen-bond donors (Lipinski definition) is 2. The predicted molar refractivity (Wildman–Crippen MR) is 68.2 cm³/mol. The van der Waals surface area contributed by atoms with Crippen molar-refractivity contribution in [2.24, 2.45) is 11.1 Å². The fraction of sp³-hybridized carbons (Fsp3) is 0.583. The highest BCUT2D eigenvalue weighted by Crippen LogP contribution is 2.32. The Labute approximate surface area is 102 Å². The first-order chi connectivity index (χ1) is 8.01. The summed E-state index contributed by atoms with van der Waals surface area (Å²) in [4.78, 5) is 2.21. The van der Waals surface area contributed by atoms with E-state index in [9.17, 15) is 0 Å². The first kappa shape index (κ1) is 11.8. The van der Waals surface area contributed by atoms with Gasteiger partial charge in [-0.3, -0.25) is 5.41 Å². The van der Waals surface area contributed by atoms with Crippen LogP contribution in [-0.2, 0) is 0 Å². The Kier molecular flexibility index (Phi) is 3.00. The molecule has 0 saturated carbocycles. The van der Waals surface area contributed by atoms with Crippen LogP contribution < -0.4 is 10.6 Å². The van der Waals surface area contributed by atoms with Gasteiger partial charge in [-0.25, -0.2) is 0 Å². The summed E-state index contributed by atoms with van der Waals surface area (Å²) < 4.78 is 0. The summed E-state index contributed by atoms with van der Waals surface area (Å²) in [5.41, 5.74) is 6.62. The maximum Gasteiger partial charge on any atom is 0.151 e. The number of anilines is 1. The van der Waals surface area contributed by atoms with Crippen molar-refractivity contribution in [2.45, 2.75) is 26.7 Å². The number of aromatic nitrogens is 2. The number of rotatable bonds is 2. The van der Waals surface area contributed by atoms with Gasteiger partial charge in [0.2, 0.25) is 0 Å². The van der Waals surface area contributed by atoms with Gasteiger partial charge in [-0.15, -0.1) is 5.10 Å². The molecule has 1 aromatic rings. The molecule has 0 aliphatic carbocycles. The first-order valence-electron chi connectivity index (χ1n) is 5.90. The third-order valence-corrected chi connectivity index (χ3v) is 3.62. The van der Waals surface area contributed by atoms with Crippen molar-refractivity contribution in [3.63, 3.8) is 0 Å². The number of amidine groups is 1. The van der Waals surface area contributed by atoms with Crippen LogP contribution in [0.15, 0.2) is 12.3 Å². The van der Waals surface area contributed by atoms with Gasteiger partial charge in [0.25, 0.3) is 0 Å². The lowest BCUT2D eigenvalue weighted by atomic mass is 9.79. The summed E-state index contributed by atoms with van der Waals surface area (Å²) in [5, 5.41) is 15.7. The van der Waals surface area contributed by atoms with Crippen LogP contribution in [0.4, 0.5) is 5.82 Å². The molecule has 0 aromatic carbocycles. The lowest BCUT2D eigenvalue weighted by molar-refractivity contribution is 0.349. The Balaban J connectivity index is 2.07. The molecule has 2 rings (SSSR count). The molecule has 0 bridgehead atoms. The van der Waals surface area contributed by atoms with Gasteiger partial charge in [0, 0.05) is 18.5 Å². The van der Waals surface area contributed by atoms with Crippen LogP contribution in [0.2, 0.25) is 0 Å². The van der Waals surface area contributed by atoms with E-state index in [1.54, 1.807) is 6.20 Å². The molecule has 5 nitrogen and oxygen atoms in total. The van der Waals surface area contributed by atoms with E-state index in [-0.39, 0.29) is 5.41 Å². The molecule has 3 N–H and O–H groups in total. The van der Waals surface area contributed by atoms with E-state index in [1.165, 1.54) is 0 Å². The molecule has 1 fully saturated rings. The van der Waals surface area contributed by atoms with Crippen LogP contribution in [0.5, 0.6) is 0 Å². The largest absolute Gasteiger partial charge is 0.387 e. The van der Waals surface area contributed by atoms with Crippen LogP contribution in [0.1, 0.15) is 25.3 Å². The number of piperidine rings is 1. The number of hydrogen-bond acceptors (Lipinski definition) is 4. The summed E-state index contributed by atoms with van der Waals surface area (Å²) in [5.74, 6) is 1.23. The van der Waals surface area contributed by atoms with Crippen LogP contribution >= 0.6 is 0 Å². The minimum Gasteiger partial charge on any atom is -0.387 e. The highest BCUT2D eigenvalue weighted by Gasteiger charge is 2.33. The molecule has 1 aliphatic heterocycles. The SMILES string of the molecule is Cc1cnnc(N2CCC(C)(C(=N)N)CC2)c1. The van der Waals surface area contributed by atoms with E-state index in [4.69, 9.17) is 11.1 Å². The zero-order valence-corrected chi connectivity index (χ0v) is 10.4. The van der Waals surface area contributed by atoms with Gasteiger partial charge in [-0.2, -0.15) is 5.10 Å². The molecule has 1 aliphatic rings. The summed E-state index contributed by atoms with van der Waals surface area (Å²) in [7, 11) is 0. The second-order valence-corrected chi connectivity index (χ2v) is 5.05. The molecule has 92 valence electrons. The molecule has 2 heterocycles. The summed E-state index contributed by atoms with van der Waals surface area (Å²) >= 11 is 0. The molecule has 17 heavy (non-hydrogen) atoms. The average molecular weight is 233 g/mol. The smallest absolute Gasteiger partial charge is 0.151 e. The van der Waals surface area contributed by atoms with Crippen molar-refractivity contribution in [2.75, 3.05) is 18.0 Å². The van der Waals surface area contributed by atoms with Gasteiger partial charge in [0.15, 0.2) is 5.82 Å². The van der Waals surface area contributed by atoms with Gasteiger partial charge < -0.3 is 10.6 Å². The lowest BCUT2D eigenvalue weighted by Crippen LogP contribution is -2.45. The zero-order valence-electron chi connectivity index (χ0n) is 10.4. The van der Waals surface area contributed by atoms with Crippen LogP contribution in [-0.4, -0.2) is 29.1 Å². The standard InChI is InChI=1S/C12H19N5/c1-9-7-10(16-15-8-9)17-5-3-12(2,4-6-17)11(13)14/h7-8H,3-6H2,1-2H3,(H3,13,14). The Bertz CT molecular complexity index is 421. The lowest BCUT2D eigenvalue weighted by Gasteiger charge is -2.38. The van der Waals surface area contributed by atoms with Gasteiger partial charge >= 0.3 is 0 Å². The average Bonchev–Trinajstić information content (AvgIpc) is 2.30. The molecule has 5 heteroatoms. The van der Waals surface area contributed by atoms with Crippen molar-refractivity contribution in [1.82, 2.24) is 10.2 Å². The predicted octanol–water partition coefficient (Wildman–Crippen LogP) is 1.33. The Morgan fingerprint density at radius 2 is 2.12 bits per heavy atom. The first-order valence-corrected chi connectivity index (χ1v) is 5.90. The number of nitrogens with two attached hydrogens (primary N) is 1. The topological polar surface area (TPSA) is 78.9 Å². The van der Waals surface area contributed by atoms with Crippen LogP contribution in [0.25, 0.3) is 0 Å². The minimum absolute atomic E-state index is 0.145. The second kappa shape index (κ2) is 4.31. The summed E-state index contributed by atoms with van der Waals surface area (Å²) in [6, 6.07) is 2.05. The highest BCUT2D eigenvalue weighted by atomic mass is 15.3. The fourth-order valence-electron chi connectivity index (χ4n) is 2.10. The van der Waals surface area contributed by atoms with Crippen molar-refractivity contribution in [3.8, 4) is 0 Å². The van der Waals surface area contributed by atoms with Gasteiger partial charge in [-0.1, -0.05) is 6.92 Å². The zero-order chi connectivity index (χ0) is 12.5. The van der Waals surface area contributed by atoms with E-state index in [2.05, 4.69) is 22.0 Å². The normalized spacial score (nSPS) is 19.1. The van der Waals surface area contributed by atoms with Crippen molar-refractivity contribution >= 4 is 11.7 Å². The minimum atomic E-state index is -0.145. The second-order valence-electron chi connectivity index (χ2n) is 5.05. The van der Waals surface area contributed by atoms with E-state index < -0.39 is 0 Å². The van der Waals surface area contributed by atoms with Gasteiger partial charge in [0.1, 0.15) is 0 Å². The highest BCUT2D eigenvalue weighted by molar-refractivity contribution is 5.83.